The Morgan fingerprint density at radius 3 is 2.16 bits per heavy atom. The highest BCUT2D eigenvalue weighted by Crippen LogP contribution is 2.47. The van der Waals surface area contributed by atoms with Crippen molar-refractivity contribution in [3.05, 3.63) is 90.6 Å². The van der Waals surface area contributed by atoms with Crippen molar-refractivity contribution in [3.8, 4) is 16.9 Å². The van der Waals surface area contributed by atoms with Crippen molar-refractivity contribution in [2.24, 2.45) is 0 Å². The van der Waals surface area contributed by atoms with Crippen molar-refractivity contribution in [3.63, 3.8) is 0 Å². The molecule has 0 spiro atoms. The minimum Gasteiger partial charge on any atom is -0.508 e. The van der Waals surface area contributed by atoms with Crippen LogP contribution >= 0.6 is 8.81 Å². The molecule has 3 N–H and O–H groups in total. The highest BCUT2D eigenvalue weighted by atomic mass is 31.1. The number of phenols is 1. The van der Waals surface area contributed by atoms with E-state index >= 15 is 0 Å². The van der Waals surface area contributed by atoms with Gasteiger partial charge in [0.05, 0.1) is 12.1 Å². The maximum atomic E-state index is 10.6. The maximum absolute atomic E-state index is 10.6. The lowest BCUT2D eigenvalue weighted by Crippen LogP contribution is -2.38. The molecule has 0 amide bonds. The SMILES string of the molecule is C=C1CC(c2ccc(-c3ccc(PO)cc3)cc2O)N1c1ccccc1.CCC(C)O. The number of nitrogens with zero attached hydrogens (tertiary/aromatic N) is 1. The van der Waals surface area contributed by atoms with E-state index in [4.69, 9.17) is 5.11 Å². The fourth-order valence-corrected chi connectivity index (χ4v) is 3.78. The van der Waals surface area contributed by atoms with E-state index in [0.717, 1.165) is 46.2 Å². The highest BCUT2D eigenvalue weighted by Gasteiger charge is 2.35. The molecule has 4 nitrogen and oxygen atoms in total. The van der Waals surface area contributed by atoms with Crippen LogP contribution in [0, 0.1) is 0 Å². The van der Waals surface area contributed by atoms with Crippen molar-refractivity contribution >= 4 is 19.8 Å². The van der Waals surface area contributed by atoms with Crippen molar-refractivity contribution in [2.75, 3.05) is 4.90 Å². The van der Waals surface area contributed by atoms with Gasteiger partial charge in [-0.3, -0.25) is 0 Å². The second-order valence-corrected chi connectivity index (χ2v) is 8.51. The number of aromatic hydroxyl groups is 1. The van der Waals surface area contributed by atoms with Crippen LogP contribution in [0.15, 0.2) is 85.1 Å². The van der Waals surface area contributed by atoms with Gasteiger partial charge in [-0.2, -0.15) is 0 Å². The molecule has 4 rings (SSSR count). The summed E-state index contributed by atoms with van der Waals surface area (Å²) in [5, 5.41) is 19.9. The van der Waals surface area contributed by atoms with Crippen molar-refractivity contribution in [1.82, 2.24) is 0 Å². The second kappa shape index (κ2) is 10.6. The number of anilines is 1. The van der Waals surface area contributed by atoms with E-state index in [1.807, 2.05) is 67.6 Å². The third kappa shape index (κ3) is 5.54. The molecule has 3 atom stereocenters. The summed E-state index contributed by atoms with van der Waals surface area (Å²) in [6.07, 6.45) is 1.59. The Kier molecular flexibility index (Phi) is 7.86. The lowest BCUT2D eigenvalue weighted by Gasteiger charge is -2.45. The molecule has 3 aromatic carbocycles. The third-order valence-electron chi connectivity index (χ3n) is 5.44. The van der Waals surface area contributed by atoms with E-state index in [2.05, 4.69) is 23.6 Å². The number of hydrogen-bond donors (Lipinski definition) is 3. The van der Waals surface area contributed by atoms with Gasteiger partial charge in [0, 0.05) is 32.2 Å². The number of aliphatic hydroxyl groups excluding tert-OH is 1. The van der Waals surface area contributed by atoms with Gasteiger partial charge in [-0.1, -0.05) is 68.1 Å². The molecule has 3 aromatic rings. The summed E-state index contributed by atoms with van der Waals surface area (Å²) < 4.78 is 0. The molecule has 0 bridgehead atoms. The Morgan fingerprint density at radius 2 is 1.65 bits per heavy atom. The molecule has 162 valence electrons. The standard InChI is InChI=1S/C22H20NO2P.C4H10O/c1-15-13-21(23(15)18-5-3-2-4-6-18)20-12-9-17(14-22(20)24)16-7-10-19(26-25)11-8-16;1-3-4(2)5/h2-12,14,21,24-26H,1,13H2;4-5H,3H2,1-2H3. The number of benzene rings is 3. The monoisotopic (exact) mass is 435 g/mol. The smallest absolute Gasteiger partial charge is 0.121 e. The average Bonchev–Trinajstić information content (AvgIpc) is 2.79. The largest absolute Gasteiger partial charge is 0.508 e. The topological polar surface area (TPSA) is 63.9 Å². The van der Waals surface area contributed by atoms with Crippen LogP contribution in [0.2, 0.25) is 0 Å². The van der Waals surface area contributed by atoms with Crippen LogP contribution in [0.25, 0.3) is 11.1 Å². The van der Waals surface area contributed by atoms with Gasteiger partial charge in [0.2, 0.25) is 0 Å². The number of para-hydroxylation sites is 1. The first kappa shape index (κ1) is 23.0. The van der Waals surface area contributed by atoms with E-state index in [1.54, 1.807) is 6.92 Å². The van der Waals surface area contributed by atoms with Crippen LogP contribution in [-0.2, 0) is 0 Å². The fourth-order valence-electron chi connectivity index (χ4n) is 3.46. The summed E-state index contributed by atoms with van der Waals surface area (Å²) >= 11 is 0. The van der Waals surface area contributed by atoms with E-state index in [9.17, 15) is 10.00 Å². The normalized spacial score (nSPS) is 16.6. The Morgan fingerprint density at radius 1 is 1.03 bits per heavy atom. The molecule has 0 aliphatic carbocycles. The molecular formula is C26H30NO3P. The maximum Gasteiger partial charge on any atom is 0.121 e. The van der Waals surface area contributed by atoms with Gasteiger partial charge in [0.1, 0.15) is 5.75 Å². The first-order valence-electron chi connectivity index (χ1n) is 10.5. The quantitative estimate of drug-likeness (QED) is 0.462. The van der Waals surface area contributed by atoms with Gasteiger partial charge >= 0.3 is 0 Å². The molecule has 0 saturated carbocycles. The summed E-state index contributed by atoms with van der Waals surface area (Å²) in [6.45, 7) is 7.86. The Hall–Kier alpha value is -2.65. The Bertz CT molecular complexity index is 1000. The second-order valence-electron chi connectivity index (χ2n) is 7.71. The summed E-state index contributed by atoms with van der Waals surface area (Å²) in [6, 6.07) is 23.9. The fraction of sp³-hybridized carbons (Fsp3) is 0.231. The van der Waals surface area contributed by atoms with Gasteiger partial charge in [0.25, 0.3) is 0 Å². The predicted octanol–water partition coefficient (Wildman–Crippen LogP) is 5.51. The zero-order chi connectivity index (χ0) is 22.4. The van der Waals surface area contributed by atoms with Gasteiger partial charge in [0.15, 0.2) is 0 Å². The third-order valence-corrected chi connectivity index (χ3v) is 6.03. The zero-order valence-corrected chi connectivity index (χ0v) is 19.0. The first-order chi connectivity index (χ1) is 14.9. The summed E-state index contributed by atoms with van der Waals surface area (Å²) in [4.78, 5) is 11.4. The van der Waals surface area contributed by atoms with Gasteiger partial charge in [-0.25, -0.2) is 0 Å². The lowest BCUT2D eigenvalue weighted by atomic mass is 9.89. The van der Waals surface area contributed by atoms with Crippen LogP contribution in [0.3, 0.4) is 0 Å². The van der Waals surface area contributed by atoms with E-state index in [0.29, 0.717) is 5.75 Å². The molecular weight excluding hydrogens is 405 g/mol. The highest BCUT2D eigenvalue weighted by molar-refractivity contribution is 7.40. The molecule has 3 unspecified atom stereocenters. The molecule has 1 aliphatic rings. The van der Waals surface area contributed by atoms with E-state index < -0.39 is 0 Å². The van der Waals surface area contributed by atoms with Crippen molar-refractivity contribution in [1.29, 1.82) is 0 Å². The molecule has 31 heavy (non-hydrogen) atoms. The van der Waals surface area contributed by atoms with E-state index in [-0.39, 0.29) is 21.0 Å². The Balaban J connectivity index is 0.000000491. The summed E-state index contributed by atoms with van der Waals surface area (Å²) in [5.41, 5.74) is 5.05. The van der Waals surface area contributed by atoms with Gasteiger partial charge in [-0.05, 0) is 48.0 Å². The van der Waals surface area contributed by atoms with Crippen LogP contribution in [0.5, 0.6) is 5.75 Å². The van der Waals surface area contributed by atoms with Crippen molar-refractivity contribution < 1.29 is 15.1 Å². The van der Waals surface area contributed by atoms with E-state index in [1.165, 1.54) is 0 Å². The van der Waals surface area contributed by atoms with Gasteiger partial charge < -0.3 is 20.0 Å². The molecule has 1 heterocycles. The molecule has 1 fully saturated rings. The van der Waals surface area contributed by atoms with Crippen LogP contribution in [0.1, 0.15) is 38.3 Å². The van der Waals surface area contributed by atoms with Crippen LogP contribution in [0.4, 0.5) is 5.69 Å². The number of hydrogen-bond acceptors (Lipinski definition) is 4. The van der Waals surface area contributed by atoms with Crippen molar-refractivity contribution in [2.45, 2.75) is 38.8 Å². The minimum atomic E-state index is -0.199. The number of aliphatic hydroxyl groups is 1. The minimum absolute atomic E-state index is 0.108. The first-order valence-corrected chi connectivity index (χ1v) is 11.4. The predicted molar refractivity (Wildman–Crippen MR) is 131 cm³/mol. The summed E-state index contributed by atoms with van der Waals surface area (Å²) in [7, 11) is -0.199. The zero-order valence-electron chi connectivity index (χ0n) is 18.0. The molecule has 0 radical (unpaired) electrons. The Labute approximate surface area is 186 Å². The molecule has 5 heteroatoms. The molecule has 1 aliphatic heterocycles. The number of phenolic OH excluding ortho intramolecular Hbond substituents is 1. The van der Waals surface area contributed by atoms with Crippen LogP contribution < -0.4 is 10.2 Å². The average molecular weight is 436 g/mol. The van der Waals surface area contributed by atoms with Gasteiger partial charge in [-0.15, -0.1) is 0 Å². The summed E-state index contributed by atoms with van der Waals surface area (Å²) in [5.74, 6) is 0.300. The molecule has 1 saturated heterocycles. The lowest BCUT2D eigenvalue weighted by molar-refractivity contribution is 0.191. The molecule has 0 aromatic heterocycles. The number of rotatable bonds is 5. The van der Waals surface area contributed by atoms with Crippen LogP contribution in [-0.4, -0.2) is 21.2 Å².